The molecule has 0 bridgehead atoms. The minimum absolute atomic E-state index is 0.154. The second kappa shape index (κ2) is 4.78. The van der Waals surface area contributed by atoms with E-state index in [-0.39, 0.29) is 12.0 Å². The fourth-order valence-corrected chi connectivity index (χ4v) is 2.35. The molecule has 0 spiro atoms. The molecule has 3 nitrogen and oxygen atoms in total. The van der Waals surface area contributed by atoms with Crippen molar-refractivity contribution in [2.24, 2.45) is 23.5 Å². The summed E-state index contributed by atoms with van der Waals surface area (Å²) in [4.78, 5) is 10.9. The second-order valence-corrected chi connectivity index (χ2v) is 4.78. The SMILES string of the molecule is CC(C)C(N)[C@@H]1CCC[C@H](C(=O)O)C1. The van der Waals surface area contributed by atoms with Crippen molar-refractivity contribution in [1.29, 1.82) is 0 Å². The van der Waals surface area contributed by atoms with Gasteiger partial charge in [0.25, 0.3) is 0 Å². The van der Waals surface area contributed by atoms with Crippen LogP contribution in [-0.2, 0) is 4.79 Å². The molecule has 1 aliphatic carbocycles. The van der Waals surface area contributed by atoms with Crippen LogP contribution in [0.25, 0.3) is 0 Å². The van der Waals surface area contributed by atoms with Crippen LogP contribution in [0.4, 0.5) is 0 Å². The van der Waals surface area contributed by atoms with Crippen molar-refractivity contribution in [2.75, 3.05) is 0 Å². The average Bonchev–Trinajstić information content (AvgIpc) is 2.16. The largest absolute Gasteiger partial charge is 0.481 e. The smallest absolute Gasteiger partial charge is 0.306 e. The van der Waals surface area contributed by atoms with E-state index in [2.05, 4.69) is 13.8 Å². The van der Waals surface area contributed by atoms with Crippen molar-refractivity contribution >= 4 is 5.97 Å². The number of carboxylic acid groups (broad SMARTS) is 1. The predicted molar refractivity (Wildman–Crippen MR) is 55.9 cm³/mol. The van der Waals surface area contributed by atoms with Crippen molar-refractivity contribution in [3.05, 3.63) is 0 Å². The molecule has 0 radical (unpaired) electrons. The van der Waals surface area contributed by atoms with Crippen LogP contribution in [0.2, 0.25) is 0 Å². The predicted octanol–water partition coefficient (Wildman–Crippen LogP) is 1.86. The van der Waals surface area contributed by atoms with Gasteiger partial charge >= 0.3 is 5.97 Å². The first-order valence-corrected chi connectivity index (χ1v) is 5.50. The quantitative estimate of drug-likeness (QED) is 0.729. The summed E-state index contributed by atoms with van der Waals surface area (Å²) >= 11 is 0. The Hall–Kier alpha value is -0.570. The Kier molecular flexibility index (Phi) is 3.93. The van der Waals surface area contributed by atoms with Gasteiger partial charge in [-0.2, -0.15) is 0 Å². The third-order valence-corrected chi connectivity index (χ3v) is 3.38. The van der Waals surface area contributed by atoms with Crippen LogP contribution in [0.5, 0.6) is 0 Å². The molecule has 0 aromatic carbocycles. The first-order chi connectivity index (χ1) is 6.52. The molecule has 1 saturated carbocycles. The number of hydrogen-bond donors (Lipinski definition) is 2. The van der Waals surface area contributed by atoms with E-state index in [9.17, 15) is 4.79 Å². The molecule has 1 unspecified atom stereocenters. The lowest BCUT2D eigenvalue weighted by Gasteiger charge is -2.32. The Balaban J connectivity index is 2.51. The van der Waals surface area contributed by atoms with Gasteiger partial charge in [0.2, 0.25) is 0 Å². The number of nitrogens with two attached hydrogens (primary N) is 1. The molecule has 0 aromatic rings. The molecule has 0 amide bonds. The van der Waals surface area contributed by atoms with Crippen molar-refractivity contribution in [3.8, 4) is 0 Å². The molecule has 14 heavy (non-hydrogen) atoms. The van der Waals surface area contributed by atoms with Gasteiger partial charge in [-0.25, -0.2) is 0 Å². The molecule has 0 heterocycles. The third-order valence-electron chi connectivity index (χ3n) is 3.38. The van der Waals surface area contributed by atoms with E-state index < -0.39 is 5.97 Å². The maximum atomic E-state index is 10.9. The maximum Gasteiger partial charge on any atom is 0.306 e. The van der Waals surface area contributed by atoms with Crippen molar-refractivity contribution in [3.63, 3.8) is 0 Å². The van der Waals surface area contributed by atoms with Crippen LogP contribution in [0.1, 0.15) is 39.5 Å². The lowest BCUT2D eigenvalue weighted by molar-refractivity contribution is -0.143. The van der Waals surface area contributed by atoms with Gasteiger partial charge < -0.3 is 10.8 Å². The van der Waals surface area contributed by atoms with Gasteiger partial charge in [0.05, 0.1) is 5.92 Å². The van der Waals surface area contributed by atoms with Gasteiger partial charge in [0, 0.05) is 6.04 Å². The van der Waals surface area contributed by atoms with Gasteiger partial charge in [-0.1, -0.05) is 20.3 Å². The fourth-order valence-electron chi connectivity index (χ4n) is 2.35. The minimum atomic E-state index is -0.648. The Morgan fingerprint density at radius 3 is 2.57 bits per heavy atom. The molecule has 1 rings (SSSR count). The Morgan fingerprint density at radius 1 is 1.43 bits per heavy atom. The van der Waals surface area contributed by atoms with Crippen LogP contribution in [-0.4, -0.2) is 17.1 Å². The number of carbonyl (C=O) groups is 1. The summed E-state index contributed by atoms with van der Waals surface area (Å²) in [5.74, 6) is 0.0570. The Morgan fingerprint density at radius 2 is 2.07 bits per heavy atom. The highest BCUT2D eigenvalue weighted by Crippen LogP contribution is 2.32. The molecule has 0 saturated heterocycles. The molecule has 0 aliphatic heterocycles. The standard InChI is InChI=1S/C11H21NO2/c1-7(2)10(12)8-4-3-5-9(6-8)11(13)14/h7-10H,3-6,12H2,1-2H3,(H,13,14)/t8-,9+,10?/m1/s1. The second-order valence-electron chi connectivity index (χ2n) is 4.78. The van der Waals surface area contributed by atoms with Crippen molar-refractivity contribution in [2.45, 2.75) is 45.6 Å². The zero-order valence-electron chi connectivity index (χ0n) is 9.07. The summed E-state index contributed by atoms with van der Waals surface area (Å²) in [5.41, 5.74) is 6.06. The van der Waals surface area contributed by atoms with Crippen LogP contribution < -0.4 is 5.73 Å². The normalized spacial score (nSPS) is 30.3. The van der Waals surface area contributed by atoms with E-state index in [1.807, 2.05) is 0 Å². The van der Waals surface area contributed by atoms with Gasteiger partial charge in [0.15, 0.2) is 0 Å². The van der Waals surface area contributed by atoms with E-state index in [0.717, 1.165) is 25.7 Å². The summed E-state index contributed by atoms with van der Waals surface area (Å²) in [6.45, 7) is 4.21. The molecule has 3 atom stereocenters. The van der Waals surface area contributed by atoms with E-state index >= 15 is 0 Å². The van der Waals surface area contributed by atoms with Crippen LogP contribution in [0, 0.1) is 17.8 Å². The van der Waals surface area contributed by atoms with Gasteiger partial charge in [-0.15, -0.1) is 0 Å². The summed E-state index contributed by atoms with van der Waals surface area (Å²) < 4.78 is 0. The highest BCUT2D eigenvalue weighted by atomic mass is 16.4. The minimum Gasteiger partial charge on any atom is -0.481 e. The topological polar surface area (TPSA) is 63.3 Å². The first kappa shape index (κ1) is 11.5. The molecule has 82 valence electrons. The summed E-state index contributed by atoms with van der Waals surface area (Å²) in [6.07, 6.45) is 3.72. The zero-order chi connectivity index (χ0) is 10.7. The molecule has 0 aromatic heterocycles. The summed E-state index contributed by atoms with van der Waals surface area (Å²) in [6, 6.07) is 0.164. The van der Waals surface area contributed by atoms with Gasteiger partial charge in [-0.3, -0.25) is 4.79 Å². The molecular formula is C11H21NO2. The van der Waals surface area contributed by atoms with Crippen LogP contribution >= 0.6 is 0 Å². The molecule has 1 aliphatic rings. The molecule has 1 fully saturated rings. The maximum absolute atomic E-state index is 10.9. The van der Waals surface area contributed by atoms with Gasteiger partial charge in [0.1, 0.15) is 0 Å². The van der Waals surface area contributed by atoms with E-state index in [1.165, 1.54) is 0 Å². The first-order valence-electron chi connectivity index (χ1n) is 5.50. The van der Waals surface area contributed by atoms with Crippen molar-refractivity contribution < 1.29 is 9.90 Å². The third kappa shape index (κ3) is 2.71. The van der Waals surface area contributed by atoms with Gasteiger partial charge in [-0.05, 0) is 31.1 Å². The van der Waals surface area contributed by atoms with Crippen molar-refractivity contribution in [1.82, 2.24) is 0 Å². The number of rotatable bonds is 3. The van der Waals surface area contributed by atoms with Crippen LogP contribution in [0.3, 0.4) is 0 Å². The fraction of sp³-hybridized carbons (Fsp3) is 0.909. The molecule has 3 heteroatoms. The van der Waals surface area contributed by atoms with E-state index in [1.54, 1.807) is 0 Å². The molecule has 3 N–H and O–H groups in total. The zero-order valence-corrected chi connectivity index (χ0v) is 9.07. The van der Waals surface area contributed by atoms with E-state index in [4.69, 9.17) is 10.8 Å². The monoisotopic (exact) mass is 199 g/mol. The Bertz CT molecular complexity index is 203. The highest BCUT2D eigenvalue weighted by molar-refractivity contribution is 5.70. The summed E-state index contributed by atoms with van der Waals surface area (Å²) in [5, 5.41) is 8.94. The summed E-state index contributed by atoms with van der Waals surface area (Å²) in [7, 11) is 0. The highest BCUT2D eigenvalue weighted by Gasteiger charge is 2.31. The van der Waals surface area contributed by atoms with Crippen LogP contribution in [0.15, 0.2) is 0 Å². The average molecular weight is 199 g/mol. The number of carboxylic acids is 1. The number of hydrogen-bond acceptors (Lipinski definition) is 2. The number of aliphatic carboxylic acids is 1. The van der Waals surface area contributed by atoms with E-state index in [0.29, 0.717) is 11.8 Å². The lowest BCUT2D eigenvalue weighted by Crippen LogP contribution is -2.39. The Labute approximate surface area is 85.7 Å². The lowest BCUT2D eigenvalue weighted by atomic mass is 9.75. The molecular weight excluding hydrogens is 178 g/mol.